The lowest BCUT2D eigenvalue weighted by Crippen LogP contribution is -2.35. The largest absolute Gasteiger partial charge is 0.492 e. The third kappa shape index (κ3) is 2.90. The molecule has 0 bridgehead atoms. The molecule has 3 heterocycles. The minimum Gasteiger partial charge on any atom is -0.492 e. The first-order valence-electron chi connectivity index (χ1n) is 9.07. The number of methoxy groups -OCH3 is 1. The molecule has 0 aromatic carbocycles. The first-order valence-corrected chi connectivity index (χ1v) is 9.07. The van der Waals surface area contributed by atoms with E-state index < -0.39 is 29.8 Å². The highest BCUT2D eigenvalue weighted by molar-refractivity contribution is 5.78. The van der Waals surface area contributed by atoms with Crippen LogP contribution in [-0.4, -0.2) is 42.3 Å². The van der Waals surface area contributed by atoms with E-state index in [4.69, 9.17) is 10.5 Å². The average Bonchev–Trinajstić information content (AvgIpc) is 3.36. The van der Waals surface area contributed by atoms with E-state index in [1.54, 1.807) is 4.90 Å². The Kier molecular flexibility index (Phi) is 4.41. The Morgan fingerprint density at radius 1 is 1.37 bits per heavy atom. The number of aromatic amines is 1. The molecule has 4 rings (SSSR count). The second-order valence-corrected chi connectivity index (χ2v) is 7.34. The standard InChI is InChI=1S/C18H22F2N4O3/c1-27-16-14(23-5-4-10(7-23)12(21)6-19)11(20)8-24-15(16)13(9-2-3-9)17(25)22-18(24)26/h8-10,12H,2-7,21H2,1H3,(H,22,25,26). The summed E-state index contributed by atoms with van der Waals surface area (Å²) < 4.78 is 34.5. The smallest absolute Gasteiger partial charge is 0.333 e. The highest BCUT2D eigenvalue weighted by Crippen LogP contribution is 2.45. The number of fused-ring (bicyclic) bond motifs is 1. The van der Waals surface area contributed by atoms with Crippen LogP contribution in [-0.2, 0) is 0 Å². The number of rotatable bonds is 5. The SMILES string of the molecule is COc1c(N2CCC(C(N)CF)C2)c(F)cn2c(=O)[nH]c(=O)c(C3CC3)c12. The summed E-state index contributed by atoms with van der Waals surface area (Å²) in [4.78, 5) is 28.7. The topological polar surface area (TPSA) is 92.8 Å². The molecule has 0 spiro atoms. The molecule has 2 aromatic heterocycles. The van der Waals surface area contributed by atoms with Gasteiger partial charge >= 0.3 is 5.69 Å². The quantitative estimate of drug-likeness (QED) is 0.811. The molecule has 146 valence electrons. The predicted molar refractivity (Wildman–Crippen MR) is 97.0 cm³/mol. The van der Waals surface area contributed by atoms with E-state index in [1.165, 1.54) is 7.11 Å². The number of alkyl halides is 1. The summed E-state index contributed by atoms with van der Waals surface area (Å²) in [7, 11) is 1.39. The van der Waals surface area contributed by atoms with Gasteiger partial charge in [0, 0.05) is 24.7 Å². The molecule has 7 nitrogen and oxygen atoms in total. The van der Waals surface area contributed by atoms with Gasteiger partial charge in [0.1, 0.15) is 17.9 Å². The van der Waals surface area contributed by atoms with Gasteiger partial charge in [0.2, 0.25) is 0 Å². The lowest BCUT2D eigenvalue weighted by atomic mass is 10.0. The summed E-state index contributed by atoms with van der Waals surface area (Å²) in [6.07, 6.45) is 3.39. The third-order valence-electron chi connectivity index (χ3n) is 5.59. The Morgan fingerprint density at radius 3 is 2.74 bits per heavy atom. The van der Waals surface area contributed by atoms with Crippen LogP contribution in [0.2, 0.25) is 0 Å². The number of aromatic nitrogens is 2. The fourth-order valence-corrected chi connectivity index (χ4v) is 4.02. The Balaban J connectivity index is 1.92. The Morgan fingerprint density at radius 2 is 2.11 bits per heavy atom. The molecule has 0 radical (unpaired) electrons. The van der Waals surface area contributed by atoms with Gasteiger partial charge < -0.3 is 15.4 Å². The van der Waals surface area contributed by atoms with Crippen LogP contribution in [0.3, 0.4) is 0 Å². The van der Waals surface area contributed by atoms with E-state index >= 15 is 0 Å². The predicted octanol–water partition coefficient (Wildman–Crippen LogP) is 1.14. The fourth-order valence-electron chi connectivity index (χ4n) is 4.02. The van der Waals surface area contributed by atoms with Gasteiger partial charge in [-0.1, -0.05) is 0 Å². The maximum Gasteiger partial charge on any atom is 0.333 e. The van der Waals surface area contributed by atoms with Crippen LogP contribution < -0.4 is 26.6 Å². The lowest BCUT2D eigenvalue weighted by Gasteiger charge is -2.24. The van der Waals surface area contributed by atoms with Gasteiger partial charge in [0.25, 0.3) is 5.56 Å². The molecule has 2 fully saturated rings. The van der Waals surface area contributed by atoms with E-state index in [1.807, 2.05) is 0 Å². The van der Waals surface area contributed by atoms with Crippen molar-refractivity contribution in [1.29, 1.82) is 0 Å². The van der Waals surface area contributed by atoms with Gasteiger partial charge in [-0.2, -0.15) is 0 Å². The maximum atomic E-state index is 15.0. The Bertz CT molecular complexity index is 999. The van der Waals surface area contributed by atoms with Crippen molar-refractivity contribution in [1.82, 2.24) is 9.38 Å². The average molecular weight is 380 g/mol. The summed E-state index contributed by atoms with van der Waals surface area (Å²) in [6, 6.07) is -0.600. The number of pyridine rings is 1. The van der Waals surface area contributed by atoms with Crippen molar-refractivity contribution in [3.63, 3.8) is 0 Å². The molecule has 9 heteroatoms. The van der Waals surface area contributed by atoms with Gasteiger partial charge in [-0.05, 0) is 31.1 Å². The van der Waals surface area contributed by atoms with Crippen molar-refractivity contribution in [3.8, 4) is 5.75 Å². The molecule has 27 heavy (non-hydrogen) atoms. The fraction of sp³-hybridized carbons (Fsp3) is 0.556. The highest BCUT2D eigenvalue weighted by Gasteiger charge is 2.35. The van der Waals surface area contributed by atoms with Crippen LogP contribution in [0.4, 0.5) is 14.5 Å². The van der Waals surface area contributed by atoms with Gasteiger partial charge in [-0.15, -0.1) is 0 Å². The minimum absolute atomic E-state index is 0.0304. The lowest BCUT2D eigenvalue weighted by molar-refractivity contribution is 0.350. The Hall–Kier alpha value is -2.42. The van der Waals surface area contributed by atoms with Crippen molar-refractivity contribution in [2.75, 3.05) is 31.8 Å². The van der Waals surface area contributed by atoms with Crippen LogP contribution in [0.5, 0.6) is 5.75 Å². The van der Waals surface area contributed by atoms with Crippen LogP contribution in [0.15, 0.2) is 15.8 Å². The zero-order chi connectivity index (χ0) is 19.3. The van der Waals surface area contributed by atoms with Gasteiger partial charge in [-0.3, -0.25) is 14.2 Å². The first kappa shape index (κ1) is 18.0. The summed E-state index contributed by atoms with van der Waals surface area (Å²) in [6.45, 7) is 0.251. The highest BCUT2D eigenvalue weighted by atomic mass is 19.1. The van der Waals surface area contributed by atoms with Crippen molar-refractivity contribution in [3.05, 3.63) is 38.4 Å². The van der Waals surface area contributed by atoms with Crippen molar-refractivity contribution in [2.24, 2.45) is 11.7 Å². The summed E-state index contributed by atoms with van der Waals surface area (Å²) >= 11 is 0. The van der Waals surface area contributed by atoms with E-state index in [9.17, 15) is 18.4 Å². The van der Waals surface area contributed by atoms with Crippen molar-refractivity contribution in [2.45, 2.75) is 31.2 Å². The number of nitrogens with two attached hydrogens (primary N) is 1. The van der Waals surface area contributed by atoms with Crippen molar-refractivity contribution < 1.29 is 13.5 Å². The van der Waals surface area contributed by atoms with Gasteiger partial charge in [0.05, 0.1) is 13.3 Å². The number of hydrogen-bond acceptors (Lipinski definition) is 5. The first-order chi connectivity index (χ1) is 13.0. The summed E-state index contributed by atoms with van der Waals surface area (Å²) in [5.41, 5.74) is 5.59. The number of nitrogens with one attached hydrogen (secondary N) is 1. The molecule has 0 amide bonds. The number of H-pyrrole nitrogens is 1. The van der Waals surface area contributed by atoms with E-state index in [0.717, 1.165) is 23.4 Å². The van der Waals surface area contributed by atoms with Crippen LogP contribution in [0.25, 0.3) is 5.52 Å². The van der Waals surface area contributed by atoms with Gasteiger partial charge in [-0.25, -0.2) is 13.6 Å². The number of halogens is 2. The monoisotopic (exact) mass is 380 g/mol. The summed E-state index contributed by atoms with van der Waals surface area (Å²) in [5, 5.41) is 0. The maximum absolute atomic E-state index is 15.0. The summed E-state index contributed by atoms with van der Waals surface area (Å²) in [5.74, 6) is -0.540. The molecule has 1 saturated heterocycles. The molecular weight excluding hydrogens is 358 g/mol. The molecule has 1 aliphatic carbocycles. The van der Waals surface area contributed by atoms with Crippen LogP contribution in [0.1, 0.15) is 30.7 Å². The molecule has 2 aromatic rings. The van der Waals surface area contributed by atoms with E-state index in [-0.39, 0.29) is 23.3 Å². The second kappa shape index (κ2) is 6.63. The number of hydrogen-bond donors (Lipinski definition) is 2. The Labute approximate surface area is 153 Å². The zero-order valence-electron chi connectivity index (χ0n) is 15.0. The molecule has 2 aliphatic rings. The number of ether oxygens (including phenoxy) is 1. The third-order valence-corrected chi connectivity index (χ3v) is 5.59. The van der Waals surface area contributed by atoms with Crippen LogP contribution in [0, 0.1) is 11.7 Å². The second-order valence-electron chi connectivity index (χ2n) is 7.34. The van der Waals surface area contributed by atoms with Gasteiger partial charge in [0.15, 0.2) is 11.6 Å². The number of anilines is 1. The van der Waals surface area contributed by atoms with Crippen molar-refractivity contribution >= 4 is 11.2 Å². The number of nitrogens with zero attached hydrogens (tertiary/aromatic N) is 2. The molecular formula is C18H22F2N4O3. The molecule has 1 aliphatic heterocycles. The minimum atomic E-state index is -0.707. The van der Waals surface area contributed by atoms with E-state index in [2.05, 4.69) is 4.98 Å². The molecule has 3 N–H and O–H groups in total. The van der Waals surface area contributed by atoms with Crippen LogP contribution >= 0.6 is 0 Å². The molecule has 2 atom stereocenters. The zero-order valence-corrected chi connectivity index (χ0v) is 15.0. The normalized spacial score (nSPS) is 21.0. The molecule has 2 unspecified atom stereocenters. The molecule has 1 saturated carbocycles. The van der Waals surface area contributed by atoms with E-state index in [0.29, 0.717) is 30.6 Å².